The second kappa shape index (κ2) is 6.71. The van der Waals surface area contributed by atoms with E-state index < -0.39 is 0 Å². The highest BCUT2D eigenvalue weighted by molar-refractivity contribution is 9.10. The molecule has 5 heteroatoms. The SMILES string of the molecule is COc1cc(Br)c(CCCN)c(OC)c1OC. The molecule has 1 rings (SSSR count). The van der Waals surface area contributed by atoms with Crippen LogP contribution in [-0.2, 0) is 6.42 Å². The van der Waals surface area contributed by atoms with E-state index in [9.17, 15) is 0 Å². The average molecular weight is 304 g/mol. The fourth-order valence-corrected chi connectivity index (χ4v) is 2.28. The van der Waals surface area contributed by atoms with E-state index in [0.29, 0.717) is 23.8 Å². The number of benzene rings is 1. The smallest absolute Gasteiger partial charge is 0.203 e. The molecule has 96 valence electrons. The Morgan fingerprint density at radius 2 is 1.76 bits per heavy atom. The van der Waals surface area contributed by atoms with E-state index in [1.165, 1.54) is 0 Å². The van der Waals surface area contributed by atoms with Gasteiger partial charge in [0.15, 0.2) is 11.5 Å². The molecule has 0 aliphatic carbocycles. The molecule has 2 N–H and O–H groups in total. The molecular weight excluding hydrogens is 286 g/mol. The normalized spacial score (nSPS) is 10.2. The maximum atomic E-state index is 5.53. The molecule has 17 heavy (non-hydrogen) atoms. The quantitative estimate of drug-likeness (QED) is 0.876. The summed E-state index contributed by atoms with van der Waals surface area (Å²) < 4.78 is 16.9. The van der Waals surface area contributed by atoms with Gasteiger partial charge < -0.3 is 19.9 Å². The number of halogens is 1. The van der Waals surface area contributed by atoms with Crippen molar-refractivity contribution in [1.82, 2.24) is 0 Å². The van der Waals surface area contributed by atoms with Gasteiger partial charge in [-0.15, -0.1) is 0 Å². The fraction of sp³-hybridized carbons (Fsp3) is 0.500. The van der Waals surface area contributed by atoms with E-state index in [1.807, 2.05) is 6.07 Å². The first-order valence-electron chi connectivity index (χ1n) is 5.37. The Labute approximate surface area is 110 Å². The zero-order chi connectivity index (χ0) is 12.8. The molecule has 0 aliphatic rings. The summed E-state index contributed by atoms with van der Waals surface area (Å²) in [6.45, 7) is 0.643. The van der Waals surface area contributed by atoms with Crippen molar-refractivity contribution < 1.29 is 14.2 Å². The van der Waals surface area contributed by atoms with Crippen LogP contribution in [0.15, 0.2) is 10.5 Å². The molecule has 0 unspecified atom stereocenters. The van der Waals surface area contributed by atoms with Crippen molar-refractivity contribution in [3.05, 3.63) is 16.1 Å². The largest absolute Gasteiger partial charge is 0.493 e. The lowest BCUT2D eigenvalue weighted by Crippen LogP contribution is -2.04. The zero-order valence-electron chi connectivity index (χ0n) is 10.4. The average Bonchev–Trinajstić information content (AvgIpc) is 2.35. The van der Waals surface area contributed by atoms with Crippen molar-refractivity contribution >= 4 is 15.9 Å². The summed E-state index contributed by atoms with van der Waals surface area (Å²) in [5.74, 6) is 1.96. The van der Waals surface area contributed by atoms with Crippen LogP contribution in [-0.4, -0.2) is 27.9 Å². The minimum atomic E-state index is 0.616. The third-order valence-corrected chi connectivity index (χ3v) is 3.22. The second-order valence-electron chi connectivity index (χ2n) is 3.50. The third-order valence-electron chi connectivity index (χ3n) is 2.51. The first-order valence-corrected chi connectivity index (χ1v) is 6.16. The Hall–Kier alpha value is -0.940. The lowest BCUT2D eigenvalue weighted by Gasteiger charge is -2.17. The number of nitrogens with two attached hydrogens (primary N) is 1. The highest BCUT2D eigenvalue weighted by Gasteiger charge is 2.18. The number of hydrogen-bond donors (Lipinski definition) is 1. The van der Waals surface area contributed by atoms with E-state index >= 15 is 0 Å². The van der Waals surface area contributed by atoms with Crippen LogP contribution < -0.4 is 19.9 Å². The van der Waals surface area contributed by atoms with E-state index in [4.69, 9.17) is 19.9 Å². The predicted octanol–water partition coefficient (Wildman–Crippen LogP) is 2.37. The zero-order valence-corrected chi connectivity index (χ0v) is 12.0. The molecule has 4 nitrogen and oxygen atoms in total. The number of ether oxygens (including phenoxy) is 3. The Bertz CT molecular complexity index is 383. The summed E-state index contributed by atoms with van der Waals surface area (Å²) >= 11 is 3.52. The van der Waals surface area contributed by atoms with Crippen molar-refractivity contribution in [1.29, 1.82) is 0 Å². The lowest BCUT2D eigenvalue weighted by molar-refractivity contribution is 0.321. The van der Waals surface area contributed by atoms with Crippen LogP contribution in [0.2, 0.25) is 0 Å². The van der Waals surface area contributed by atoms with Gasteiger partial charge in [-0.05, 0) is 25.5 Å². The van der Waals surface area contributed by atoms with Gasteiger partial charge in [0.2, 0.25) is 5.75 Å². The molecule has 0 amide bonds. The van der Waals surface area contributed by atoms with Crippen molar-refractivity contribution in [2.45, 2.75) is 12.8 Å². The van der Waals surface area contributed by atoms with Crippen LogP contribution in [0.1, 0.15) is 12.0 Å². The van der Waals surface area contributed by atoms with Crippen LogP contribution in [0.5, 0.6) is 17.2 Å². The fourth-order valence-electron chi connectivity index (χ4n) is 1.70. The molecule has 0 spiro atoms. The van der Waals surface area contributed by atoms with Crippen LogP contribution in [0, 0.1) is 0 Å². The lowest BCUT2D eigenvalue weighted by atomic mass is 10.1. The number of methoxy groups -OCH3 is 3. The minimum Gasteiger partial charge on any atom is -0.493 e. The van der Waals surface area contributed by atoms with Crippen LogP contribution in [0.3, 0.4) is 0 Å². The Morgan fingerprint density at radius 1 is 1.12 bits per heavy atom. The molecule has 0 saturated heterocycles. The van der Waals surface area contributed by atoms with Gasteiger partial charge in [0, 0.05) is 10.0 Å². The summed E-state index contributed by atoms with van der Waals surface area (Å²) in [5, 5.41) is 0. The van der Waals surface area contributed by atoms with Crippen molar-refractivity contribution in [2.24, 2.45) is 5.73 Å². The van der Waals surface area contributed by atoms with Gasteiger partial charge in [-0.1, -0.05) is 15.9 Å². The summed E-state index contributed by atoms with van der Waals surface area (Å²) in [5.41, 5.74) is 6.58. The molecule has 0 bridgehead atoms. The maximum absolute atomic E-state index is 5.53. The van der Waals surface area contributed by atoms with Gasteiger partial charge >= 0.3 is 0 Å². The van der Waals surface area contributed by atoms with E-state index in [1.54, 1.807) is 21.3 Å². The monoisotopic (exact) mass is 303 g/mol. The van der Waals surface area contributed by atoms with Gasteiger partial charge in [-0.25, -0.2) is 0 Å². The van der Waals surface area contributed by atoms with E-state index in [2.05, 4.69) is 15.9 Å². The molecule has 0 fully saturated rings. The molecule has 0 radical (unpaired) electrons. The summed E-state index contributed by atoms with van der Waals surface area (Å²) in [6.07, 6.45) is 1.73. The highest BCUT2D eigenvalue weighted by atomic mass is 79.9. The Kier molecular flexibility index (Phi) is 5.58. The molecular formula is C12H18BrNO3. The van der Waals surface area contributed by atoms with Crippen molar-refractivity contribution in [3.63, 3.8) is 0 Å². The molecule has 1 aromatic rings. The topological polar surface area (TPSA) is 53.7 Å². The molecule has 0 saturated carbocycles. The molecule has 0 aliphatic heterocycles. The van der Waals surface area contributed by atoms with Gasteiger partial charge in [-0.3, -0.25) is 0 Å². The standard InChI is InChI=1S/C12H18BrNO3/c1-15-10-7-9(13)8(5-4-6-14)11(16-2)12(10)17-3/h7H,4-6,14H2,1-3H3. The summed E-state index contributed by atoms with van der Waals surface area (Å²) in [4.78, 5) is 0. The molecule has 1 aromatic carbocycles. The number of rotatable bonds is 6. The van der Waals surface area contributed by atoms with Crippen LogP contribution in [0.25, 0.3) is 0 Å². The molecule has 0 aromatic heterocycles. The van der Waals surface area contributed by atoms with Crippen LogP contribution >= 0.6 is 15.9 Å². The minimum absolute atomic E-state index is 0.616. The Balaban J connectivity index is 3.27. The van der Waals surface area contributed by atoms with E-state index in [-0.39, 0.29) is 0 Å². The van der Waals surface area contributed by atoms with Crippen LogP contribution in [0.4, 0.5) is 0 Å². The highest BCUT2D eigenvalue weighted by Crippen LogP contribution is 2.44. The summed E-state index contributed by atoms with van der Waals surface area (Å²) in [6, 6.07) is 1.88. The maximum Gasteiger partial charge on any atom is 0.203 e. The first kappa shape index (κ1) is 14.1. The number of hydrogen-bond acceptors (Lipinski definition) is 4. The van der Waals surface area contributed by atoms with Gasteiger partial charge in [0.1, 0.15) is 0 Å². The van der Waals surface area contributed by atoms with Crippen molar-refractivity contribution in [3.8, 4) is 17.2 Å². The first-order chi connectivity index (χ1) is 8.19. The Morgan fingerprint density at radius 3 is 2.24 bits per heavy atom. The van der Waals surface area contributed by atoms with Gasteiger partial charge in [0.05, 0.1) is 21.3 Å². The second-order valence-corrected chi connectivity index (χ2v) is 4.35. The molecule has 0 atom stereocenters. The predicted molar refractivity (Wildman–Crippen MR) is 71.2 cm³/mol. The summed E-state index contributed by atoms with van der Waals surface area (Å²) in [7, 11) is 4.82. The van der Waals surface area contributed by atoms with Gasteiger partial charge in [0.25, 0.3) is 0 Å². The van der Waals surface area contributed by atoms with Crippen molar-refractivity contribution in [2.75, 3.05) is 27.9 Å². The van der Waals surface area contributed by atoms with E-state index in [0.717, 1.165) is 22.9 Å². The van der Waals surface area contributed by atoms with Gasteiger partial charge in [-0.2, -0.15) is 0 Å². The molecule has 0 heterocycles. The third kappa shape index (κ3) is 3.04.